The average Bonchev–Trinajstić information content (AvgIpc) is 2.78. The van der Waals surface area contributed by atoms with Crippen LogP contribution in [0, 0.1) is 0 Å². The lowest BCUT2D eigenvalue weighted by Crippen LogP contribution is -2.26. The number of aliphatic imine (C=N–C) groups is 1. The lowest BCUT2D eigenvalue weighted by molar-refractivity contribution is -0.146. The maximum absolute atomic E-state index is 11.7. The van der Waals surface area contributed by atoms with Gasteiger partial charge in [0.15, 0.2) is 18.5 Å². The zero-order valence-corrected chi connectivity index (χ0v) is 10.8. The molecule has 2 rings (SSSR count). The fourth-order valence-electron chi connectivity index (χ4n) is 1.58. The van der Waals surface area contributed by atoms with Crippen LogP contribution in [-0.2, 0) is 14.3 Å². The SMILES string of the molecule is CCOC(=O)C1N=COC1c1cncc(Br)c1. The van der Waals surface area contributed by atoms with Crippen molar-refractivity contribution in [2.45, 2.75) is 19.1 Å². The molecular weight excluding hydrogens is 288 g/mol. The Kier molecular flexibility index (Phi) is 3.73. The van der Waals surface area contributed by atoms with Gasteiger partial charge in [0.1, 0.15) is 0 Å². The van der Waals surface area contributed by atoms with Gasteiger partial charge < -0.3 is 9.47 Å². The minimum absolute atomic E-state index is 0.328. The van der Waals surface area contributed by atoms with Gasteiger partial charge in [-0.25, -0.2) is 9.79 Å². The van der Waals surface area contributed by atoms with Crippen molar-refractivity contribution in [3.8, 4) is 0 Å². The molecule has 5 nitrogen and oxygen atoms in total. The van der Waals surface area contributed by atoms with E-state index in [1.807, 2.05) is 6.07 Å². The molecule has 17 heavy (non-hydrogen) atoms. The molecule has 90 valence electrons. The first-order chi connectivity index (χ1) is 8.22. The number of nitrogens with zero attached hydrogens (tertiary/aromatic N) is 2. The molecule has 2 unspecified atom stereocenters. The monoisotopic (exact) mass is 298 g/mol. The molecule has 0 saturated carbocycles. The van der Waals surface area contributed by atoms with Gasteiger partial charge in [-0.05, 0) is 28.9 Å². The maximum Gasteiger partial charge on any atom is 0.335 e. The number of esters is 1. The van der Waals surface area contributed by atoms with Gasteiger partial charge in [-0.15, -0.1) is 0 Å². The number of ether oxygens (including phenoxy) is 2. The molecule has 0 aliphatic carbocycles. The average molecular weight is 299 g/mol. The van der Waals surface area contributed by atoms with Crippen LogP contribution in [0.15, 0.2) is 27.9 Å². The summed E-state index contributed by atoms with van der Waals surface area (Å²) in [6, 6.07) is 1.20. The van der Waals surface area contributed by atoms with Crippen molar-refractivity contribution in [1.29, 1.82) is 0 Å². The molecule has 1 aromatic rings. The molecule has 0 bridgehead atoms. The first-order valence-corrected chi connectivity index (χ1v) is 5.96. The topological polar surface area (TPSA) is 60.8 Å². The van der Waals surface area contributed by atoms with Crippen molar-refractivity contribution in [2.75, 3.05) is 6.61 Å². The van der Waals surface area contributed by atoms with Gasteiger partial charge in [0.05, 0.1) is 6.61 Å². The third-order valence-electron chi connectivity index (χ3n) is 2.30. The van der Waals surface area contributed by atoms with E-state index in [-0.39, 0.29) is 5.97 Å². The van der Waals surface area contributed by atoms with Crippen molar-refractivity contribution in [1.82, 2.24) is 4.98 Å². The first-order valence-electron chi connectivity index (χ1n) is 5.16. The summed E-state index contributed by atoms with van der Waals surface area (Å²) in [5.41, 5.74) is 0.787. The summed E-state index contributed by atoms with van der Waals surface area (Å²) >= 11 is 3.32. The summed E-state index contributed by atoms with van der Waals surface area (Å²) in [5, 5.41) is 0. The Labute approximate surface area is 107 Å². The Bertz CT molecular complexity index is 450. The second-order valence-corrected chi connectivity index (χ2v) is 4.36. The molecule has 2 atom stereocenters. The zero-order chi connectivity index (χ0) is 12.3. The van der Waals surface area contributed by atoms with Crippen LogP contribution in [-0.4, -0.2) is 30.0 Å². The Morgan fingerprint density at radius 2 is 2.41 bits per heavy atom. The molecule has 1 aliphatic rings. The van der Waals surface area contributed by atoms with Crippen LogP contribution < -0.4 is 0 Å². The Hall–Kier alpha value is -1.43. The van der Waals surface area contributed by atoms with Crippen LogP contribution in [0.5, 0.6) is 0 Å². The number of rotatable bonds is 3. The summed E-state index contributed by atoms with van der Waals surface area (Å²) < 4.78 is 11.1. The summed E-state index contributed by atoms with van der Waals surface area (Å²) in [4.78, 5) is 19.7. The number of carbonyl (C=O) groups is 1. The molecule has 0 aromatic carbocycles. The van der Waals surface area contributed by atoms with Crippen LogP contribution in [0.25, 0.3) is 0 Å². The number of carbonyl (C=O) groups excluding carboxylic acids is 1. The van der Waals surface area contributed by atoms with Gasteiger partial charge in [0.25, 0.3) is 0 Å². The highest BCUT2D eigenvalue weighted by molar-refractivity contribution is 9.10. The van der Waals surface area contributed by atoms with E-state index < -0.39 is 12.1 Å². The molecule has 6 heteroatoms. The summed E-state index contributed by atoms with van der Waals surface area (Å²) in [6.45, 7) is 2.08. The summed E-state index contributed by atoms with van der Waals surface area (Å²) in [6.07, 6.45) is 4.14. The fraction of sp³-hybridized carbons (Fsp3) is 0.364. The lowest BCUT2D eigenvalue weighted by atomic mass is 10.1. The minimum atomic E-state index is -0.647. The molecule has 1 aromatic heterocycles. The molecule has 2 heterocycles. The lowest BCUT2D eigenvalue weighted by Gasteiger charge is -2.16. The summed E-state index contributed by atoms with van der Waals surface area (Å²) in [5.74, 6) is -0.383. The van der Waals surface area contributed by atoms with Crippen molar-refractivity contribution >= 4 is 28.3 Å². The molecule has 0 amide bonds. The minimum Gasteiger partial charge on any atom is -0.473 e. The van der Waals surface area contributed by atoms with Crippen LogP contribution >= 0.6 is 15.9 Å². The largest absolute Gasteiger partial charge is 0.473 e. The molecule has 0 radical (unpaired) electrons. The van der Waals surface area contributed by atoms with Crippen molar-refractivity contribution in [3.63, 3.8) is 0 Å². The van der Waals surface area contributed by atoms with Gasteiger partial charge in [-0.1, -0.05) is 0 Å². The number of halogens is 1. The Balaban J connectivity index is 2.18. The van der Waals surface area contributed by atoms with E-state index in [1.54, 1.807) is 19.3 Å². The highest BCUT2D eigenvalue weighted by Crippen LogP contribution is 2.28. The van der Waals surface area contributed by atoms with Gasteiger partial charge >= 0.3 is 5.97 Å². The van der Waals surface area contributed by atoms with E-state index in [4.69, 9.17) is 9.47 Å². The molecular formula is C11H11BrN2O3. The van der Waals surface area contributed by atoms with Gasteiger partial charge in [-0.2, -0.15) is 0 Å². The second kappa shape index (κ2) is 5.27. The van der Waals surface area contributed by atoms with E-state index in [0.717, 1.165) is 10.0 Å². The maximum atomic E-state index is 11.7. The van der Waals surface area contributed by atoms with Gasteiger partial charge in [0, 0.05) is 22.4 Å². The predicted octanol–water partition coefficient (Wildman–Crippen LogP) is 1.88. The van der Waals surface area contributed by atoms with E-state index in [1.165, 1.54) is 6.40 Å². The van der Waals surface area contributed by atoms with Crippen LogP contribution in [0.3, 0.4) is 0 Å². The molecule has 0 spiro atoms. The van der Waals surface area contributed by atoms with E-state index in [9.17, 15) is 4.79 Å². The van der Waals surface area contributed by atoms with E-state index in [0.29, 0.717) is 6.61 Å². The fourth-order valence-corrected chi connectivity index (χ4v) is 1.96. The number of hydrogen-bond donors (Lipinski definition) is 0. The second-order valence-electron chi connectivity index (χ2n) is 3.44. The Morgan fingerprint density at radius 3 is 3.12 bits per heavy atom. The van der Waals surface area contributed by atoms with Gasteiger partial charge in [0.2, 0.25) is 0 Å². The van der Waals surface area contributed by atoms with Crippen molar-refractivity contribution in [2.24, 2.45) is 4.99 Å². The quantitative estimate of drug-likeness (QED) is 0.800. The normalized spacial score (nSPS) is 22.2. The molecule has 0 saturated heterocycles. The highest BCUT2D eigenvalue weighted by Gasteiger charge is 2.35. The van der Waals surface area contributed by atoms with E-state index in [2.05, 4.69) is 25.9 Å². The predicted molar refractivity (Wildman–Crippen MR) is 64.7 cm³/mol. The van der Waals surface area contributed by atoms with Crippen LogP contribution in [0.2, 0.25) is 0 Å². The zero-order valence-electron chi connectivity index (χ0n) is 9.17. The standard InChI is InChI=1S/C11H11BrN2O3/c1-2-16-11(15)9-10(17-6-14-9)7-3-8(12)5-13-4-7/h3-6,9-10H,2H2,1H3. The van der Waals surface area contributed by atoms with E-state index >= 15 is 0 Å². The Morgan fingerprint density at radius 1 is 1.59 bits per heavy atom. The van der Waals surface area contributed by atoms with Crippen molar-refractivity contribution < 1.29 is 14.3 Å². The first kappa shape index (κ1) is 12.0. The molecule has 0 N–H and O–H groups in total. The van der Waals surface area contributed by atoms with Crippen molar-refractivity contribution in [3.05, 3.63) is 28.5 Å². The molecule has 1 aliphatic heterocycles. The highest BCUT2D eigenvalue weighted by atomic mass is 79.9. The number of aromatic nitrogens is 1. The third-order valence-corrected chi connectivity index (χ3v) is 2.73. The van der Waals surface area contributed by atoms with Crippen LogP contribution in [0.4, 0.5) is 0 Å². The third kappa shape index (κ3) is 2.63. The smallest absolute Gasteiger partial charge is 0.335 e. The van der Waals surface area contributed by atoms with Gasteiger partial charge in [-0.3, -0.25) is 4.98 Å². The summed E-state index contributed by atoms with van der Waals surface area (Å²) in [7, 11) is 0. The number of hydrogen-bond acceptors (Lipinski definition) is 5. The number of pyridine rings is 1. The van der Waals surface area contributed by atoms with Crippen LogP contribution in [0.1, 0.15) is 18.6 Å². The molecule has 0 fully saturated rings.